The molecule has 1 aromatic heterocycles. The van der Waals surface area contributed by atoms with E-state index in [1.165, 1.54) is 0 Å². The number of aliphatic hydroxyl groups excluding tert-OH is 1. The van der Waals surface area contributed by atoms with E-state index in [9.17, 15) is 9.90 Å². The third-order valence-corrected chi connectivity index (χ3v) is 3.48. The molecule has 0 aliphatic rings. The summed E-state index contributed by atoms with van der Waals surface area (Å²) in [4.78, 5) is 16.5. The summed E-state index contributed by atoms with van der Waals surface area (Å²) < 4.78 is 5.17. The van der Waals surface area contributed by atoms with E-state index in [2.05, 4.69) is 10.3 Å². The number of hydrogen-bond acceptors (Lipinski definition) is 4. The SMILES string of the molecule is COc1ccc2nc(C(=O)NCC(C)CC(C)O)ccc2c1. The van der Waals surface area contributed by atoms with Crippen molar-refractivity contribution in [3.8, 4) is 5.75 Å². The maximum absolute atomic E-state index is 12.1. The summed E-state index contributed by atoms with van der Waals surface area (Å²) in [6.07, 6.45) is 0.297. The fourth-order valence-corrected chi connectivity index (χ4v) is 2.38. The van der Waals surface area contributed by atoms with Gasteiger partial charge in [0.2, 0.25) is 0 Å². The third kappa shape index (κ3) is 4.18. The molecule has 0 aliphatic heterocycles. The predicted molar refractivity (Wildman–Crippen MR) is 86.1 cm³/mol. The van der Waals surface area contributed by atoms with E-state index >= 15 is 0 Å². The second kappa shape index (κ2) is 7.22. The van der Waals surface area contributed by atoms with Crippen LogP contribution in [0.3, 0.4) is 0 Å². The number of carbonyl (C=O) groups is 1. The Kier molecular flexibility index (Phi) is 5.33. The van der Waals surface area contributed by atoms with Crippen LogP contribution in [0.15, 0.2) is 30.3 Å². The molecule has 5 heteroatoms. The van der Waals surface area contributed by atoms with E-state index in [-0.39, 0.29) is 17.9 Å². The van der Waals surface area contributed by atoms with Gasteiger partial charge < -0.3 is 15.2 Å². The molecule has 1 heterocycles. The van der Waals surface area contributed by atoms with Gasteiger partial charge >= 0.3 is 0 Å². The van der Waals surface area contributed by atoms with Gasteiger partial charge in [-0.1, -0.05) is 13.0 Å². The highest BCUT2D eigenvalue weighted by Crippen LogP contribution is 2.19. The van der Waals surface area contributed by atoms with Crippen LogP contribution < -0.4 is 10.1 Å². The van der Waals surface area contributed by atoms with Gasteiger partial charge in [0.05, 0.1) is 18.7 Å². The number of aliphatic hydroxyl groups is 1. The van der Waals surface area contributed by atoms with Crippen LogP contribution in [0, 0.1) is 5.92 Å². The molecule has 0 saturated heterocycles. The first-order valence-electron chi connectivity index (χ1n) is 7.40. The fourth-order valence-electron chi connectivity index (χ4n) is 2.38. The van der Waals surface area contributed by atoms with Crippen LogP contribution in [0.2, 0.25) is 0 Å². The number of aromatic nitrogens is 1. The van der Waals surface area contributed by atoms with Gasteiger partial charge in [-0.15, -0.1) is 0 Å². The molecule has 0 spiro atoms. The summed E-state index contributed by atoms with van der Waals surface area (Å²) in [5.74, 6) is 0.780. The molecule has 5 nitrogen and oxygen atoms in total. The fraction of sp³-hybridized carbons (Fsp3) is 0.412. The Morgan fingerprint density at radius 3 is 2.77 bits per heavy atom. The molecule has 0 aliphatic carbocycles. The first-order chi connectivity index (χ1) is 10.5. The third-order valence-electron chi connectivity index (χ3n) is 3.48. The number of nitrogens with zero attached hydrogens (tertiary/aromatic N) is 1. The molecular formula is C17H22N2O3. The van der Waals surface area contributed by atoms with Crippen LogP contribution in [0.5, 0.6) is 5.75 Å². The highest BCUT2D eigenvalue weighted by atomic mass is 16.5. The highest BCUT2D eigenvalue weighted by molar-refractivity contribution is 5.95. The lowest BCUT2D eigenvalue weighted by Crippen LogP contribution is -2.30. The Bertz CT molecular complexity index is 655. The number of ether oxygens (including phenoxy) is 1. The molecule has 0 saturated carbocycles. The lowest BCUT2D eigenvalue weighted by molar-refractivity contribution is 0.0935. The normalized spacial score (nSPS) is 13.6. The second-order valence-electron chi connectivity index (χ2n) is 5.66. The van der Waals surface area contributed by atoms with Gasteiger partial charge in [-0.3, -0.25) is 4.79 Å². The summed E-state index contributed by atoms with van der Waals surface area (Å²) >= 11 is 0. The summed E-state index contributed by atoms with van der Waals surface area (Å²) in [6, 6.07) is 9.10. The van der Waals surface area contributed by atoms with Gasteiger partial charge in [0.25, 0.3) is 5.91 Å². The zero-order valence-electron chi connectivity index (χ0n) is 13.2. The van der Waals surface area contributed by atoms with E-state index < -0.39 is 0 Å². The molecular weight excluding hydrogens is 280 g/mol. The van der Waals surface area contributed by atoms with Crippen LogP contribution in [0.1, 0.15) is 30.8 Å². The van der Waals surface area contributed by atoms with Crippen LogP contribution >= 0.6 is 0 Å². The monoisotopic (exact) mass is 302 g/mol. The number of nitrogens with one attached hydrogen (secondary N) is 1. The van der Waals surface area contributed by atoms with Crippen molar-refractivity contribution in [3.63, 3.8) is 0 Å². The van der Waals surface area contributed by atoms with Crippen molar-refractivity contribution < 1.29 is 14.6 Å². The molecule has 0 radical (unpaired) electrons. The largest absolute Gasteiger partial charge is 0.497 e. The van der Waals surface area contributed by atoms with E-state index in [1.807, 2.05) is 31.2 Å². The van der Waals surface area contributed by atoms with Gasteiger partial charge in [0.1, 0.15) is 11.4 Å². The van der Waals surface area contributed by atoms with Crippen LogP contribution in [0.25, 0.3) is 10.9 Å². The van der Waals surface area contributed by atoms with E-state index in [4.69, 9.17) is 4.74 Å². The summed E-state index contributed by atoms with van der Waals surface area (Å²) in [6.45, 7) is 4.26. The Labute approximate surface area is 130 Å². The van der Waals surface area contributed by atoms with Gasteiger partial charge in [0, 0.05) is 11.9 Å². The number of amides is 1. The number of benzene rings is 1. The molecule has 1 amide bonds. The number of methoxy groups -OCH3 is 1. The zero-order valence-corrected chi connectivity index (χ0v) is 13.2. The number of pyridine rings is 1. The van der Waals surface area contributed by atoms with Crippen LogP contribution in [-0.2, 0) is 0 Å². The van der Waals surface area contributed by atoms with Gasteiger partial charge in [-0.25, -0.2) is 4.98 Å². The van der Waals surface area contributed by atoms with Crippen LogP contribution in [-0.4, -0.2) is 35.8 Å². The average molecular weight is 302 g/mol. The molecule has 1 aromatic carbocycles. The lowest BCUT2D eigenvalue weighted by Gasteiger charge is -2.14. The van der Waals surface area contributed by atoms with Crippen LogP contribution in [0.4, 0.5) is 0 Å². The Morgan fingerprint density at radius 2 is 2.09 bits per heavy atom. The minimum absolute atomic E-state index is 0.199. The smallest absolute Gasteiger partial charge is 0.269 e. The standard InChI is InChI=1S/C17H22N2O3/c1-11(8-12(2)20)10-18-17(21)16-6-4-13-9-14(22-3)5-7-15(13)19-16/h4-7,9,11-12,20H,8,10H2,1-3H3,(H,18,21). The lowest BCUT2D eigenvalue weighted by atomic mass is 10.0. The topological polar surface area (TPSA) is 71.5 Å². The molecule has 2 aromatic rings. The molecule has 2 N–H and O–H groups in total. The minimum atomic E-state index is -0.360. The van der Waals surface area contributed by atoms with Gasteiger partial charge in [-0.2, -0.15) is 0 Å². The van der Waals surface area contributed by atoms with Crippen molar-refractivity contribution in [2.75, 3.05) is 13.7 Å². The summed E-state index contributed by atoms with van der Waals surface area (Å²) in [5, 5.41) is 13.1. The minimum Gasteiger partial charge on any atom is -0.497 e. The Morgan fingerprint density at radius 1 is 1.32 bits per heavy atom. The second-order valence-corrected chi connectivity index (χ2v) is 5.66. The first-order valence-corrected chi connectivity index (χ1v) is 7.40. The first kappa shape index (κ1) is 16.2. The summed E-state index contributed by atoms with van der Waals surface area (Å²) in [7, 11) is 1.62. The summed E-state index contributed by atoms with van der Waals surface area (Å²) in [5.41, 5.74) is 1.15. The van der Waals surface area contributed by atoms with E-state index in [1.54, 1.807) is 20.1 Å². The maximum Gasteiger partial charge on any atom is 0.269 e. The maximum atomic E-state index is 12.1. The Balaban J connectivity index is 2.05. The zero-order chi connectivity index (χ0) is 16.1. The number of carbonyl (C=O) groups excluding carboxylic acids is 1. The number of hydrogen-bond donors (Lipinski definition) is 2. The van der Waals surface area contributed by atoms with E-state index in [0.717, 1.165) is 16.7 Å². The average Bonchev–Trinajstić information content (AvgIpc) is 2.50. The molecule has 22 heavy (non-hydrogen) atoms. The van der Waals surface area contributed by atoms with Crippen molar-refractivity contribution in [1.82, 2.24) is 10.3 Å². The van der Waals surface area contributed by atoms with Crippen molar-refractivity contribution in [1.29, 1.82) is 0 Å². The molecule has 0 bridgehead atoms. The predicted octanol–water partition coefficient (Wildman–Crippen LogP) is 2.38. The number of rotatable bonds is 6. The molecule has 0 fully saturated rings. The van der Waals surface area contributed by atoms with Gasteiger partial charge in [0.15, 0.2) is 0 Å². The van der Waals surface area contributed by atoms with Gasteiger partial charge in [-0.05, 0) is 43.5 Å². The Hall–Kier alpha value is -2.14. The van der Waals surface area contributed by atoms with Crippen molar-refractivity contribution in [3.05, 3.63) is 36.0 Å². The van der Waals surface area contributed by atoms with Crippen molar-refractivity contribution in [2.45, 2.75) is 26.4 Å². The quantitative estimate of drug-likeness (QED) is 0.859. The molecule has 2 atom stereocenters. The molecule has 2 rings (SSSR count). The van der Waals surface area contributed by atoms with Crippen molar-refractivity contribution in [2.24, 2.45) is 5.92 Å². The van der Waals surface area contributed by atoms with Crippen molar-refractivity contribution >= 4 is 16.8 Å². The molecule has 2 unspecified atom stereocenters. The van der Waals surface area contributed by atoms with E-state index in [0.29, 0.717) is 18.7 Å². The highest BCUT2D eigenvalue weighted by Gasteiger charge is 2.11. The number of fused-ring (bicyclic) bond motifs is 1. The molecule has 118 valence electrons.